The molecule has 0 atom stereocenters. The number of rotatable bonds is 4. The van der Waals surface area contributed by atoms with Crippen LogP contribution in [-0.4, -0.2) is 94.0 Å². The van der Waals surface area contributed by atoms with Gasteiger partial charge in [-0.3, -0.25) is 4.90 Å². The van der Waals surface area contributed by atoms with E-state index in [0.717, 1.165) is 6.67 Å². The van der Waals surface area contributed by atoms with Crippen LogP contribution in [0.25, 0.3) is 0 Å². The number of nitrogens with one attached hydrogen (secondary N) is 1. The van der Waals surface area contributed by atoms with Crippen molar-refractivity contribution in [3.8, 4) is 0 Å². The smallest absolute Gasteiger partial charge is 0.0603 e. The van der Waals surface area contributed by atoms with Crippen molar-refractivity contribution in [2.45, 2.75) is 83.8 Å². The summed E-state index contributed by atoms with van der Waals surface area (Å²) in [6.45, 7) is 12.7. The Morgan fingerprint density at radius 1 is 0.793 bits per heavy atom. The molecule has 0 unspecified atom stereocenters. The molecule has 0 radical (unpaired) electrons. The second-order valence-electron chi connectivity index (χ2n) is 9.70. The number of nitrogens with zero attached hydrogens (tertiary/aromatic N) is 3. The van der Waals surface area contributed by atoms with Gasteiger partial charge in [-0.15, -0.1) is 0 Å². The maximum absolute atomic E-state index is 6.15. The Morgan fingerprint density at radius 3 is 1.86 bits per heavy atom. The highest BCUT2D eigenvalue weighted by Gasteiger charge is 2.43. The first-order chi connectivity index (χ1) is 14.1. The lowest BCUT2D eigenvalue weighted by molar-refractivity contribution is -0.0532. The van der Waals surface area contributed by atoms with Crippen molar-refractivity contribution in [1.29, 1.82) is 0 Å². The second kappa shape index (κ2) is 13.3. The van der Waals surface area contributed by atoms with Gasteiger partial charge in [-0.25, -0.2) is 0 Å². The lowest BCUT2D eigenvalue weighted by Gasteiger charge is -2.53. The Kier molecular flexibility index (Phi) is 11.5. The van der Waals surface area contributed by atoms with Crippen molar-refractivity contribution >= 4 is 0 Å². The highest BCUT2D eigenvalue weighted by Crippen LogP contribution is 2.39. The third-order valence-electron chi connectivity index (χ3n) is 7.15. The SMILES string of the molecule is CC.CN1CCC(OC2CCCCC2)CC1.CNCN1CC2(CCN(C)CC2)C1. The third-order valence-corrected chi connectivity index (χ3v) is 7.15. The van der Waals surface area contributed by atoms with Gasteiger partial charge in [0.25, 0.3) is 0 Å². The molecule has 172 valence electrons. The van der Waals surface area contributed by atoms with Gasteiger partial charge in [-0.2, -0.15) is 0 Å². The summed E-state index contributed by atoms with van der Waals surface area (Å²) in [6.07, 6.45) is 13.3. The Labute approximate surface area is 181 Å². The summed E-state index contributed by atoms with van der Waals surface area (Å²) in [7, 11) is 6.47. The molecule has 0 aromatic rings. The molecule has 5 heteroatoms. The zero-order valence-electron chi connectivity index (χ0n) is 20.2. The summed E-state index contributed by atoms with van der Waals surface area (Å²) in [5, 5.41) is 3.22. The molecular formula is C24H50N4O. The monoisotopic (exact) mass is 410 g/mol. The lowest BCUT2D eigenvalue weighted by atomic mass is 9.72. The van der Waals surface area contributed by atoms with Crippen molar-refractivity contribution in [1.82, 2.24) is 20.0 Å². The highest BCUT2D eigenvalue weighted by atomic mass is 16.5. The van der Waals surface area contributed by atoms with Crippen LogP contribution in [0.3, 0.4) is 0 Å². The molecule has 0 aromatic carbocycles. The molecule has 4 aliphatic rings. The number of hydrogen-bond acceptors (Lipinski definition) is 5. The van der Waals surface area contributed by atoms with Crippen molar-refractivity contribution in [3.63, 3.8) is 0 Å². The summed E-state index contributed by atoms with van der Waals surface area (Å²) >= 11 is 0. The first kappa shape index (κ1) is 25.1. The minimum Gasteiger partial charge on any atom is -0.375 e. The molecule has 5 nitrogen and oxygen atoms in total. The summed E-state index contributed by atoms with van der Waals surface area (Å²) in [5.41, 5.74) is 0.698. The fraction of sp³-hybridized carbons (Fsp3) is 1.00. The molecule has 1 aliphatic carbocycles. The molecule has 0 amide bonds. The summed E-state index contributed by atoms with van der Waals surface area (Å²) < 4.78 is 6.15. The fourth-order valence-corrected chi connectivity index (χ4v) is 5.24. The predicted molar refractivity (Wildman–Crippen MR) is 124 cm³/mol. The van der Waals surface area contributed by atoms with Gasteiger partial charge in [0, 0.05) is 32.8 Å². The molecule has 29 heavy (non-hydrogen) atoms. The van der Waals surface area contributed by atoms with Gasteiger partial charge in [0.1, 0.15) is 0 Å². The number of piperidine rings is 2. The summed E-state index contributed by atoms with van der Waals surface area (Å²) in [5.74, 6) is 0. The van der Waals surface area contributed by atoms with Crippen molar-refractivity contribution < 1.29 is 4.74 Å². The molecular weight excluding hydrogens is 360 g/mol. The van der Waals surface area contributed by atoms with E-state index in [1.165, 1.54) is 97.1 Å². The largest absolute Gasteiger partial charge is 0.375 e. The highest BCUT2D eigenvalue weighted by molar-refractivity contribution is 4.97. The van der Waals surface area contributed by atoms with E-state index in [1.54, 1.807) is 0 Å². The molecule has 3 heterocycles. The Bertz CT molecular complexity index is 403. The summed E-state index contributed by atoms with van der Waals surface area (Å²) in [4.78, 5) is 7.36. The zero-order valence-corrected chi connectivity index (χ0v) is 20.2. The lowest BCUT2D eigenvalue weighted by Crippen LogP contribution is -2.61. The van der Waals surface area contributed by atoms with Gasteiger partial charge < -0.3 is 19.9 Å². The normalized spacial score (nSPS) is 26.8. The molecule has 1 N–H and O–H groups in total. The van der Waals surface area contributed by atoms with E-state index in [0.29, 0.717) is 17.6 Å². The van der Waals surface area contributed by atoms with E-state index in [4.69, 9.17) is 4.74 Å². The van der Waals surface area contributed by atoms with Crippen LogP contribution in [0.1, 0.15) is 71.6 Å². The van der Waals surface area contributed by atoms with E-state index in [1.807, 2.05) is 20.9 Å². The maximum atomic E-state index is 6.15. The standard InChI is InChI=1S/C12H23NO.C10H21N3.C2H6/c1-13-9-7-12(8-10-13)14-11-5-3-2-4-6-11;1-11-9-13-7-10(8-13)3-5-12(2)6-4-10;1-2/h11-12H,2-10H2,1H3;11H,3-9H2,1-2H3;1-2H3. The van der Waals surface area contributed by atoms with Gasteiger partial charge in [-0.1, -0.05) is 33.1 Å². The maximum Gasteiger partial charge on any atom is 0.0603 e. The second-order valence-corrected chi connectivity index (χ2v) is 9.70. The van der Waals surface area contributed by atoms with Crippen LogP contribution in [0.4, 0.5) is 0 Å². The number of likely N-dealkylation sites (tertiary alicyclic amines) is 3. The van der Waals surface area contributed by atoms with E-state index >= 15 is 0 Å². The van der Waals surface area contributed by atoms with Gasteiger partial charge in [0.05, 0.1) is 12.2 Å². The van der Waals surface area contributed by atoms with Crippen molar-refractivity contribution in [2.24, 2.45) is 5.41 Å². The van der Waals surface area contributed by atoms with Crippen LogP contribution < -0.4 is 5.32 Å². The van der Waals surface area contributed by atoms with Crippen LogP contribution in [0.2, 0.25) is 0 Å². The Hall–Kier alpha value is -0.200. The van der Waals surface area contributed by atoms with E-state index in [9.17, 15) is 0 Å². The van der Waals surface area contributed by atoms with Crippen LogP contribution in [0.15, 0.2) is 0 Å². The molecule has 0 bridgehead atoms. The first-order valence-corrected chi connectivity index (χ1v) is 12.5. The number of hydrogen-bond donors (Lipinski definition) is 1. The molecule has 4 fully saturated rings. The predicted octanol–water partition coefficient (Wildman–Crippen LogP) is 3.65. The van der Waals surface area contributed by atoms with Crippen molar-refractivity contribution in [3.05, 3.63) is 0 Å². The van der Waals surface area contributed by atoms with Gasteiger partial charge in [0.15, 0.2) is 0 Å². The quantitative estimate of drug-likeness (QED) is 0.765. The van der Waals surface area contributed by atoms with Crippen molar-refractivity contribution in [2.75, 3.05) is 67.1 Å². The average Bonchev–Trinajstić information content (AvgIpc) is 2.73. The van der Waals surface area contributed by atoms with Crippen LogP contribution in [-0.2, 0) is 4.74 Å². The Morgan fingerprint density at radius 2 is 1.31 bits per heavy atom. The molecule has 4 rings (SSSR count). The van der Waals surface area contributed by atoms with Gasteiger partial charge in [0.2, 0.25) is 0 Å². The molecule has 3 aliphatic heterocycles. The van der Waals surface area contributed by atoms with Crippen LogP contribution in [0, 0.1) is 5.41 Å². The fourth-order valence-electron chi connectivity index (χ4n) is 5.24. The minimum absolute atomic E-state index is 0.564. The Balaban J connectivity index is 0.000000191. The topological polar surface area (TPSA) is 31.0 Å². The average molecular weight is 411 g/mol. The van der Waals surface area contributed by atoms with E-state index < -0.39 is 0 Å². The molecule has 1 spiro atoms. The van der Waals surface area contributed by atoms with Crippen LogP contribution >= 0.6 is 0 Å². The van der Waals surface area contributed by atoms with Crippen LogP contribution in [0.5, 0.6) is 0 Å². The molecule has 0 aromatic heterocycles. The minimum atomic E-state index is 0.564. The summed E-state index contributed by atoms with van der Waals surface area (Å²) in [6, 6.07) is 0. The first-order valence-electron chi connectivity index (χ1n) is 12.5. The van der Waals surface area contributed by atoms with E-state index in [-0.39, 0.29) is 0 Å². The van der Waals surface area contributed by atoms with Gasteiger partial charge >= 0.3 is 0 Å². The molecule has 1 saturated carbocycles. The zero-order chi connectivity index (χ0) is 21.1. The van der Waals surface area contributed by atoms with E-state index in [2.05, 4.69) is 34.1 Å². The van der Waals surface area contributed by atoms with Gasteiger partial charge in [-0.05, 0) is 78.2 Å². The number of ether oxygens (including phenoxy) is 1. The molecule has 3 saturated heterocycles. The third kappa shape index (κ3) is 8.45.